The molecule has 2 aliphatic carbocycles. The number of halogens is 1. The van der Waals surface area contributed by atoms with E-state index in [1.807, 2.05) is 0 Å². The van der Waals surface area contributed by atoms with Crippen molar-refractivity contribution in [3.63, 3.8) is 0 Å². The third-order valence-electron chi connectivity index (χ3n) is 4.56. The Hall–Kier alpha value is -0.570. The summed E-state index contributed by atoms with van der Waals surface area (Å²) in [6.45, 7) is 0.322. The maximum Gasteiger partial charge on any atom is 0.0459 e. The Kier molecular flexibility index (Phi) is 3.48. The van der Waals surface area contributed by atoms with Gasteiger partial charge in [0.2, 0.25) is 0 Å². The number of nitrogens with two attached hydrogens (primary N) is 1. The Bertz CT molecular complexity index is 409. The van der Waals surface area contributed by atoms with Gasteiger partial charge in [-0.3, -0.25) is 0 Å². The van der Waals surface area contributed by atoms with E-state index in [9.17, 15) is 5.11 Å². The summed E-state index contributed by atoms with van der Waals surface area (Å²) in [5, 5.41) is 9.27. The van der Waals surface area contributed by atoms with Crippen molar-refractivity contribution in [3.05, 3.63) is 35.4 Å². The zero-order valence-electron chi connectivity index (χ0n) is 9.93. The van der Waals surface area contributed by atoms with Crippen LogP contribution >= 0.6 is 12.4 Å². The molecule has 17 heavy (non-hydrogen) atoms. The van der Waals surface area contributed by atoms with Crippen LogP contribution in [0.3, 0.4) is 0 Å². The van der Waals surface area contributed by atoms with E-state index < -0.39 is 0 Å². The number of rotatable bonds is 1. The van der Waals surface area contributed by atoms with E-state index in [4.69, 9.17) is 5.73 Å². The number of fused-ring (bicyclic) bond motifs is 3. The maximum absolute atomic E-state index is 9.27. The third-order valence-corrected chi connectivity index (χ3v) is 4.56. The number of benzene rings is 1. The summed E-state index contributed by atoms with van der Waals surface area (Å²) in [5.74, 6) is 1.01. The Morgan fingerprint density at radius 2 is 2.12 bits per heavy atom. The minimum atomic E-state index is -0.109. The molecule has 0 heterocycles. The minimum absolute atomic E-state index is 0. The highest BCUT2D eigenvalue weighted by molar-refractivity contribution is 5.85. The van der Waals surface area contributed by atoms with Crippen molar-refractivity contribution in [2.24, 2.45) is 17.6 Å². The molecule has 0 saturated heterocycles. The highest BCUT2D eigenvalue weighted by atomic mass is 35.5. The quantitative estimate of drug-likeness (QED) is 0.806. The van der Waals surface area contributed by atoms with Gasteiger partial charge in [-0.25, -0.2) is 0 Å². The zero-order valence-corrected chi connectivity index (χ0v) is 10.7. The van der Waals surface area contributed by atoms with Gasteiger partial charge in [0.15, 0.2) is 0 Å². The Labute approximate surface area is 109 Å². The molecule has 3 heteroatoms. The Balaban J connectivity index is 0.00000108. The summed E-state index contributed by atoms with van der Waals surface area (Å²) in [4.78, 5) is 0. The molecule has 1 aromatic rings. The van der Waals surface area contributed by atoms with Crippen LogP contribution in [0.1, 0.15) is 30.4 Å². The summed E-state index contributed by atoms with van der Waals surface area (Å²) >= 11 is 0. The SMILES string of the molecule is Cl.N[C@@]12CCC(CO)C[C@@H]1Cc1ccccc12. The van der Waals surface area contributed by atoms with Crippen LogP contribution in [0.5, 0.6) is 0 Å². The molecule has 3 N–H and O–H groups in total. The van der Waals surface area contributed by atoms with Crippen LogP contribution in [0.4, 0.5) is 0 Å². The normalized spacial score (nSPS) is 34.7. The zero-order chi connectivity index (χ0) is 11.2. The van der Waals surface area contributed by atoms with Crippen LogP contribution in [-0.4, -0.2) is 11.7 Å². The van der Waals surface area contributed by atoms with Gasteiger partial charge < -0.3 is 10.8 Å². The lowest BCUT2D eigenvalue weighted by Crippen LogP contribution is -2.45. The van der Waals surface area contributed by atoms with Gasteiger partial charge >= 0.3 is 0 Å². The van der Waals surface area contributed by atoms with Gasteiger partial charge in [-0.1, -0.05) is 24.3 Å². The van der Waals surface area contributed by atoms with E-state index >= 15 is 0 Å². The summed E-state index contributed by atoms with van der Waals surface area (Å²) in [6, 6.07) is 8.59. The standard InChI is InChI=1S/C14H19NO.ClH/c15-14-6-5-10(9-16)7-12(14)8-11-3-1-2-4-13(11)14;/h1-4,10,12,16H,5-9,15H2;1H/t10?,12-,14+;/m1./s1. The predicted molar refractivity (Wildman–Crippen MR) is 71.2 cm³/mol. The number of aliphatic hydroxyl groups excluding tert-OH is 1. The largest absolute Gasteiger partial charge is 0.396 e. The molecule has 2 aliphatic rings. The van der Waals surface area contributed by atoms with Gasteiger partial charge in [-0.15, -0.1) is 12.4 Å². The van der Waals surface area contributed by atoms with E-state index in [-0.39, 0.29) is 17.9 Å². The Morgan fingerprint density at radius 1 is 1.35 bits per heavy atom. The van der Waals surface area contributed by atoms with Crippen molar-refractivity contribution in [3.8, 4) is 0 Å². The van der Waals surface area contributed by atoms with Crippen LogP contribution in [0.25, 0.3) is 0 Å². The lowest BCUT2D eigenvalue weighted by atomic mass is 9.70. The molecule has 1 fully saturated rings. The van der Waals surface area contributed by atoms with Crippen molar-refractivity contribution < 1.29 is 5.11 Å². The van der Waals surface area contributed by atoms with Gasteiger partial charge in [0.25, 0.3) is 0 Å². The monoisotopic (exact) mass is 253 g/mol. The summed E-state index contributed by atoms with van der Waals surface area (Å²) in [5.41, 5.74) is 9.28. The van der Waals surface area contributed by atoms with Crippen molar-refractivity contribution in [1.29, 1.82) is 0 Å². The molecule has 0 bridgehead atoms. The molecule has 1 unspecified atom stereocenters. The van der Waals surface area contributed by atoms with Crippen molar-refractivity contribution in [2.75, 3.05) is 6.61 Å². The van der Waals surface area contributed by atoms with E-state index in [0.29, 0.717) is 18.4 Å². The van der Waals surface area contributed by atoms with Crippen LogP contribution in [0.15, 0.2) is 24.3 Å². The first-order valence-electron chi connectivity index (χ1n) is 6.22. The smallest absolute Gasteiger partial charge is 0.0459 e. The maximum atomic E-state index is 9.27. The fourth-order valence-electron chi connectivity index (χ4n) is 3.58. The average Bonchev–Trinajstić information content (AvgIpc) is 2.61. The molecule has 3 atom stereocenters. The van der Waals surface area contributed by atoms with Gasteiger partial charge in [0.1, 0.15) is 0 Å². The summed E-state index contributed by atoms with van der Waals surface area (Å²) in [6.07, 6.45) is 4.28. The van der Waals surface area contributed by atoms with Crippen LogP contribution in [0, 0.1) is 11.8 Å². The number of aliphatic hydroxyl groups is 1. The van der Waals surface area contributed by atoms with Crippen molar-refractivity contribution in [1.82, 2.24) is 0 Å². The van der Waals surface area contributed by atoms with E-state index in [1.54, 1.807) is 0 Å². The van der Waals surface area contributed by atoms with E-state index in [2.05, 4.69) is 24.3 Å². The van der Waals surface area contributed by atoms with Gasteiger partial charge in [0, 0.05) is 12.1 Å². The van der Waals surface area contributed by atoms with Gasteiger partial charge in [0.05, 0.1) is 0 Å². The van der Waals surface area contributed by atoms with Crippen LogP contribution in [0.2, 0.25) is 0 Å². The van der Waals surface area contributed by atoms with Crippen molar-refractivity contribution >= 4 is 12.4 Å². The average molecular weight is 254 g/mol. The third kappa shape index (κ3) is 1.88. The fraction of sp³-hybridized carbons (Fsp3) is 0.571. The fourth-order valence-corrected chi connectivity index (χ4v) is 3.58. The Morgan fingerprint density at radius 3 is 2.88 bits per heavy atom. The van der Waals surface area contributed by atoms with E-state index in [0.717, 1.165) is 25.7 Å². The molecular formula is C14H20ClNO. The summed E-state index contributed by atoms with van der Waals surface area (Å²) < 4.78 is 0. The van der Waals surface area contributed by atoms with E-state index in [1.165, 1.54) is 11.1 Å². The first kappa shape index (κ1) is 12.9. The predicted octanol–water partition coefficient (Wildman–Crippen LogP) is 2.23. The molecular weight excluding hydrogens is 234 g/mol. The lowest BCUT2D eigenvalue weighted by Gasteiger charge is -2.40. The topological polar surface area (TPSA) is 46.2 Å². The molecule has 0 spiro atoms. The highest BCUT2D eigenvalue weighted by Gasteiger charge is 2.46. The number of hydrogen-bond donors (Lipinski definition) is 2. The van der Waals surface area contributed by atoms with Crippen molar-refractivity contribution in [2.45, 2.75) is 31.2 Å². The molecule has 0 aliphatic heterocycles. The van der Waals surface area contributed by atoms with Gasteiger partial charge in [-0.2, -0.15) is 0 Å². The minimum Gasteiger partial charge on any atom is -0.396 e. The molecule has 2 nitrogen and oxygen atoms in total. The summed E-state index contributed by atoms with van der Waals surface area (Å²) in [7, 11) is 0. The highest BCUT2D eigenvalue weighted by Crippen LogP contribution is 2.49. The second-order valence-electron chi connectivity index (χ2n) is 5.42. The molecule has 1 saturated carbocycles. The molecule has 0 radical (unpaired) electrons. The lowest BCUT2D eigenvalue weighted by molar-refractivity contribution is 0.109. The first-order valence-corrected chi connectivity index (χ1v) is 6.22. The molecule has 0 amide bonds. The molecule has 1 aromatic carbocycles. The number of hydrogen-bond acceptors (Lipinski definition) is 2. The molecule has 0 aromatic heterocycles. The second-order valence-corrected chi connectivity index (χ2v) is 5.42. The second kappa shape index (κ2) is 4.60. The van der Waals surface area contributed by atoms with Crippen LogP contribution < -0.4 is 5.73 Å². The van der Waals surface area contributed by atoms with Gasteiger partial charge in [-0.05, 0) is 48.6 Å². The first-order chi connectivity index (χ1) is 7.74. The van der Waals surface area contributed by atoms with Crippen LogP contribution in [-0.2, 0) is 12.0 Å². The molecule has 3 rings (SSSR count). The molecule has 94 valence electrons.